The summed E-state index contributed by atoms with van der Waals surface area (Å²) in [7, 11) is 0. The summed E-state index contributed by atoms with van der Waals surface area (Å²) in [6, 6.07) is 6.16. The molecule has 1 aliphatic heterocycles. The van der Waals surface area contributed by atoms with Gasteiger partial charge in [-0.2, -0.15) is 0 Å². The van der Waals surface area contributed by atoms with Crippen LogP contribution >= 0.6 is 11.3 Å². The zero-order chi connectivity index (χ0) is 18.1. The molecule has 26 heavy (non-hydrogen) atoms. The number of fused-ring (bicyclic) bond motifs is 1. The first-order chi connectivity index (χ1) is 12.6. The zero-order valence-electron chi connectivity index (χ0n) is 13.8. The zero-order valence-corrected chi connectivity index (χ0v) is 14.6. The van der Waals surface area contributed by atoms with Gasteiger partial charge in [-0.05, 0) is 31.2 Å². The number of thiazole rings is 1. The minimum Gasteiger partial charge on any atom is -0.467 e. The molecule has 0 aliphatic carbocycles. The summed E-state index contributed by atoms with van der Waals surface area (Å²) >= 11 is 1.34. The smallest absolute Gasteiger partial charge is 0.358 e. The molecule has 4 rings (SSSR count). The van der Waals surface area contributed by atoms with Crippen LogP contribution in [-0.2, 0) is 22.7 Å². The van der Waals surface area contributed by atoms with Crippen LogP contribution in [0.25, 0.3) is 10.8 Å². The second kappa shape index (κ2) is 6.89. The van der Waals surface area contributed by atoms with Crippen LogP contribution in [0.3, 0.4) is 0 Å². The number of esters is 1. The van der Waals surface area contributed by atoms with Gasteiger partial charge in [-0.3, -0.25) is 0 Å². The van der Waals surface area contributed by atoms with E-state index in [1.165, 1.54) is 23.5 Å². The molecule has 1 aliphatic rings. The summed E-state index contributed by atoms with van der Waals surface area (Å²) in [6.45, 7) is 2.00. The van der Waals surface area contributed by atoms with Crippen LogP contribution in [0.15, 0.2) is 34.9 Å². The number of aromatic nitrogens is 1. The molecule has 8 heteroatoms. The largest absolute Gasteiger partial charge is 0.467 e. The van der Waals surface area contributed by atoms with Crippen molar-refractivity contribution < 1.29 is 27.8 Å². The second-order valence-electron chi connectivity index (χ2n) is 5.64. The summed E-state index contributed by atoms with van der Waals surface area (Å²) < 4.78 is 34.9. The van der Waals surface area contributed by atoms with Gasteiger partial charge in [-0.1, -0.05) is 0 Å². The third kappa shape index (κ3) is 3.21. The number of furan rings is 1. The normalized spacial score (nSPS) is 13.2. The van der Waals surface area contributed by atoms with E-state index < -0.39 is 11.8 Å². The maximum absolute atomic E-state index is 13.8. The Bertz CT molecular complexity index is 951. The Balaban J connectivity index is 1.52. The van der Waals surface area contributed by atoms with Crippen molar-refractivity contribution in [2.75, 3.05) is 6.79 Å². The van der Waals surface area contributed by atoms with Crippen molar-refractivity contribution in [3.63, 3.8) is 0 Å². The SMILES string of the molecule is Cc1sc(-c2ccco2)nc1C(=O)OCc1cc(F)cc2c1OCOC2. The molecule has 0 unspecified atom stereocenters. The summed E-state index contributed by atoms with van der Waals surface area (Å²) in [5, 5.41) is 0.600. The van der Waals surface area contributed by atoms with E-state index in [0.29, 0.717) is 32.5 Å². The molecule has 0 N–H and O–H groups in total. The molecule has 0 spiro atoms. The number of ether oxygens (including phenoxy) is 3. The first-order valence-electron chi connectivity index (χ1n) is 7.82. The molecule has 0 amide bonds. The molecular weight excluding hydrogens is 361 g/mol. The molecule has 6 nitrogen and oxygen atoms in total. The topological polar surface area (TPSA) is 70.8 Å². The lowest BCUT2D eigenvalue weighted by molar-refractivity contribution is -0.0183. The highest BCUT2D eigenvalue weighted by atomic mass is 32.1. The van der Waals surface area contributed by atoms with Crippen LogP contribution in [-0.4, -0.2) is 17.7 Å². The van der Waals surface area contributed by atoms with Crippen molar-refractivity contribution in [3.05, 3.63) is 58.0 Å². The van der Waals surface area contributed by atoms with E-state index in [4.69, 9.17) is 18.6 Å². The van der Waals surface area contributed by atoms with Crippen molar-refractivity contribution in [2.24, 2.45) is 0 Å². The Labute approximate surface area is 152 Å². The number of hydrogen-bond acceptors (Lipinski definition) is 7. The Morgan fingerprint density at radius 3 is 3.12 bits per heavy atom. The van der Waals surface area contributed by atoms with Gasteiger partial charge in [0.25, 0.3) is 0 Å². The first kappa shape index (κ1) is 16.7. The maximum Gasteiger partial charge on any atom is 0.358 e. The lowest BCUT2D eigenvalue weighted by Gasteiger charge is -2.20. The van der Waals surface area contributed by atoms with Gasteiger partial charge in [-0.15, -0.1) is 11.3 Å². The fraction of sp³-hybridized carbons (Fsp3) is 0.222. The van der Waals surface area contributed by atoms with E-state index in [1.807, 2.05) is 0 Å². The van der Waals surface area contributed by atoms with Crippen molar-refractivity contribution >= 4 is 17.3 Å². The molecule has 0 bridgehead atoms. The standard InChI is InChI=1S/C18H14FNO5S/c1-10-15(20-17(26-10)14-3-2-4-23-14)18(21)24-8-12-6-13(19)5-11-7-22-9-25-16(11)12/h2-6H,7-9H2,1H3. The quantitative estimate of drug-likeness (QED) is 0.640. The molecule has 3 aromatic rings. The van der Waals surface area contributed by atoms with Crippen LogP contribution in [0, 0.1) is 12.7 Å². The fourth-order valence-corrected chi connectivity index (χ4v) is 3.54. The predicted octanol–water partition coefficient (Wildman–Crippen LogP) is 4.07. The molecule has 134 valence electrons. The third-order valence-electron chi connectivity index (χ3n) is 3.83. The molecule has 0 saturated heterocycles. The van der Waals surface area contributed by atoms with Gasteiger partial charge < -0.3 is 18.6 Å². The van der Waals surface area contributed by atoms with E-state index in [9.17, 15) is 9.18 Å². The van der Waals surface area contributed by atoms with Crippen LogP contribution in [0.2, 0.25) is 0 Å². The highest BCUT2D eigenvalue weighted by Crippen LogP contribution is 2.31. The van der Waals surface area contributed by atoms with E-state index in [2.05, 4.69) is 4.98 Å². The van der Waals surface area contributed by atoms with Gasteiger partial charge in [0.1, 0.15) is 18.2 Å². The molecule has 2 aromatic heterocycles. The minimum absolute atomic E-state index is 0.0806. The van der Waals surface area contributed by atoms with E-state index in [1.54, 1.807) is 25.3 Å². The second-order valence-corrected chi connectivity index (χ2v) is 6.84. The van der Waals surface area contributed by atoms with Crippen molar-refractivity contribution in [1.82, 2.24) is 4.98 Å². The van der Waals surface area contributed by atoms with Gasteiger partial charge in [0.05, 0.1) is 12.9 Å². The van der Waals surface area contributed by atoms with E-state index >= 15 is 0 Å². The lowest BCUT2D eigenvalue weighted by atomic mass is 10.1. The Morgan fingerprint density at radius 1 is 1.42 bits per heavy atom. The summed E-state index contributed by atoms with van der Waals surface area (Å²) in [4.78, 5) is 17.4. The van der Waals surface area contributed by atoms with Gasteiger partial charge in [0, 0.05) is 16.0 Å². The third-order valence-corrected chi connectivity index (χ3v) is 4.82. The number of aryl methyl sites for hydroxylation is 1. The molecule has 1 aromatic carbocycles. The Kier molecular flexibility index (Phi) is 4.44. The van der Waals surface area contributed by atoms with Crippen LogP contribution in [0.4, 0.5) is 4.39 Å². The van der Waals surface area contributed by atoms with E-state index in [0.717, 1.165) is 0 Å². The number of rotatable bonds is 4. The average molecular weight is 375 g/mol. The fourth-order valence-electron chi connectivity index (χ4n) is 2.67. The van der Waals surface area contributed by atoms with Gasteiger partial charge in [0.15, 0.2) is 23.3 Å². The molecule has 0 radical (unpaired) electrons. The predicted molar refractivity (Wildman–Crippen MR) is 90.4 cm³/mol. The maximum atomic E-state index is 13.8. The van der Waals surface area contributed by atoms with Gasteiger partial charge >= 0.3 is 5.97 Å². The monoisotopic (exact) mass is 375 g/mol. The Morgan fingerprint density at radius 2 is 2.31 bits per heavy atom. The number of carbonyl (C=O) groups excluding carboxylic acids is 1. The Hall–Kier alpha value is -2.71. The number of halogens is 1. The molecule has 3 heterocycles. The summed E-state index contributed by atoms with van der Waals surface area (Å²) in [6.07, 6.45) is 1.54. The number of hydrogen-bond donors (Lipinski definition) is 0. The van der Waals surface area contributed by atoms with Crippen LogP contribution < -0.4 is 4.74 Å². The van der Waals surface area contributed by atoms with Crippen molar-refractivity contribution in [3.8, 4) is 16.5 Å². The lowest BCUT2D eigenvalue weighted by Crippen LogP contribution is -2.15. The van der Waals surface area contributed by atoms with Crippen LogP contribution in [0.5, 0.6) is 5.75 Å². The highest BCUT2D eigenvalue weighted by Gasteiger charge is 2.21. The van der Waals surface area contributed by atoms with Crippen molar-refractivity contribution in [1.29, 1.82) is 0 Å². The summed E-state index contributed by atoms with van der Waals surface area (Å²) in [5.74, 6) is 0.0666. The number of benzene rings is 1. The number of carbonyl (C=O) groups is 1. The highest BCUT2D eigenvalue weighted by molar-refractivity contribution is 7.15. The molecule has 0 saturated carbocycles. The van der Waals surface area contributed by atoms with Crippen LogP contribution in [0.1, 0.15) is 26.5 Å². The minimum atomic E-state index is -0.582. The molecule has 0 fully saturated rings. The summed E-state index contributed by atoms with van der Waals surface area (Å²) in [5.41, 5.74) is 1.26. The van der Waals surface area contributed by atoms with E-state index in [-0.39, 0.29) is 25.7 Å². The average Bonchev–Trinajstić information content (AvgIpc) is 3.28. The first-order valence-corrected chi connectivity index (χ1v) is 8.63. The molecule has 0 atom stereocenters. The molecular formula is C18H14FNO5S. The number of nitrogens with zero attached hydrogens (tertiary/aromatic N) is 1. The van der Waals surface area contributed by atoms with Gasteiger partial charge in [-0.25, -0.2) is 14.2 Å². The van der Waals surface area contributed by atoms with Crippen molar-refractivity contribution in [2.45, 2.75) is 20.1 Å². The van der Waals surface area contributed by atoms with Gasteiger partial charge in [0.2, 0.25) is 0 Å².